The Hall–Kier alpha value is -0.830. The SMILES string of the molecule is c1csc(N2C3CCC2CC(=C2CC2)C3)n1. The summed E-state index contributed by atoms with van der Waals surface area (Å²) in [5.74, 6) is 0. The molecule has 1 aliphatic carbocycles. The van der Waals surface area contributed by atoms with Gasteiger partial charge in [-0.05, 0) is 38.5 Å². The molecular formula is C13H16N2S. The van der Waals surface area contributed by atoms with E-state index in [1.165, 1.54) is 43.7 Å². The Labute approximate surface area is 100.0 Å². The highest BCUT2D eigenvalue weighted by molar-refractivity contribution is 7.13. The maximum Gasteiger partial charge on any atom is 0.185 e. The van der Waals surface area contributed by atoms with E-state index in [1.54, 1.807) is 22.5 Å². The molecule has 3 heterocycles. The quantitative estimate of drug-likeness (QED) is 0.690. The lowest BCUT2D eigenvalue weighted by atomic mass is 9.96. The fourth-order valence-electron chi connectivity index (χ4n) is 3.37. The van der Waals surface area contributed by atoms with E-state index in [2.05, 4.69) is 15.3 Å². The van der Waals surface area contributed by atoms with E-state index in [9.17, 15) is 0 Å². The summed E-state index contributed by atoms with van der Waals surface area (Å²) < 4.78 is 0. The van der Waals surface area contributed by atoms with Crippen molar-refractivity contribution in [1.82, 2.24) is 4.98 Å². The van der Waals surface area contributed by atoms with Gasteiger partial charge in [-0.1, -0.05) is 11.1 Å². The molecule has 1 saturated carbocycles. The molecule has 16 heavy (non-hydrogen) atoms. The largest absolute Gasteiger partial charge is 0.341 e. The van der Waals surface area contributed by atoms with E-state index in [0.717, 1.165) is 12.1 Å². The molecule has 3 heteroatoms. The molecular weight excluding hydrogens is 216 g/mol. The highest BCUT2D eigenvalue weighted by Gasteiger charge is 2.41. The van der Waals surface area contributed by atoms with Crippen molar-refractivity contribution in [3.05, 3.63) is 22.7 Å². The second-order valence-electron chi connectivity index (χ2n) is 5.22. The van der Waals surface area contributed by atoms with Crippen LogP contribution in [0.4, 0.5) is 5.13 Å². The van der Waals surface area contributed by atoms with Crippen LogP contribution >= 0.6 is 11.3 Å². The number of rotatable bonds is 1. The molecule has 2 nitrogen and oxygen atoms in total. The molecule has 0 radical (unpaired) electrons. The van der Waals surface area contributed by atoms with Gasteiger partial charge in [0.25, 0.3) is 0 Å². The second kappa shape index (κ2) is 3.33. The monoisotopic (exact) mass is 232 g/mol. The molecule has 3 fully saturated rings. The van der Waals surface area contributed by atoms with Gasteiger partial charge >= 0.3 is 0 Å². The van der Waals surface area contributed by atoms with Crippen molar-refractivity contribution in [1.29, 1.82) is 0 Å². The molecule has 0 amide bonds. The smallest absolute Gasteiger partial charge is 0.185 e. The third-order valence-corrected chi connectivity index (χ3v) is 5.01. The fourth-order valence-corrected chi connectivity index (χ4v) is 4.16. The van der Waals surface area contributed by atoms with Crippen LogP contribution in [-0.4, -0.2) is 17.1 Å². The number of allylic oxidation sites excluding steroid dienone is 1. The van der Waals surface area contributed by atoms with E-state index in [4.69, 9.17) is 0 Å². The van der Waals surface area contributed by atoms with Gasteiger partial charge in [-0.25, -0.2) is 4.98 Å². The van der Waals surface area contributed by atoms with Crippen LogP contribution in [0.25, 0.3) is 0 Å². The Morgan fingerprint density at radius 2 is 1.88 bits per heavy atom. The molecule has 1 aromatic heterocycles. The predicted molar refractivity (Wildman–Crippen MR) is 66.9 cm³/mol. The van der Waals surface area contributed by atoms with Crippen LogP contribution in [0, 0.1) is 0 Å². The number of anilines is 1. The van der Waals surface area contributed by atoms with E-state index in [-0.39, 0.29) is 0 Å². The van der Waals surface area contributed by atoms with Crippen molar-refractivity contribution < 1.29 is 0 Å². The maximum absolute atomic E-state index is 4.49. The first-order valence-electron chi connectivity index (χ1n) is 6.29. The minimum Gasteiger partial charge on any atom is -0.341 e. The fraction of sp³-hybridized carbons (Fsp3) is 0.615. The third kappa shape index (κ3) is 1.34. The minimum absolute atomic E-state index is 0.757. The number of thiazole rings is 1. The van der Waals surface area contributed by atoms with Crippen LogP contribution < -0.4 is 4.90 Å². The standard InChI is InChI=1S/C13H16N2S/c1-2-9(1)10-7-11-3-4-12(8-10)15(11)13-14-5-6-16-13/h5-6,11-12H,1-4,7-8H2. The molecule has 3 aliphatic rings. The molecule has 2 bridgehead atoms. The molecule has 84 valence electrons. The Morgan fingerprint density at radius 1 is 1.12 bits per heavy atom. The van der Waals surface area contributed by atoms with Gasteiger partial charge in [-0.2, -0.15) is 0 Å². The van der Waals surface area contributed by atoms with Crippen molar-refractivity contribution in [2.75, 3.05) is 4.90 Å². The zero-order valence-electron chi connectivity index (χ0n) is 9.35. The first kappa shape index (κ1) is 9.23. The molecule has 4 rings (SSSR count). The summed E-state index contributed by atoms with van der Waals surface area (Å²) >= 11 is 1.80. The Morgan fingerprint density at radius 3 is 2.44 bits per heavy atom. The average Bonchev–Trinajstić information content (AvgIpc) is 2.95. The third-order valence-electron chi connectivity index (χ3n) is 4.22. The molecule has 0 spiro atoms. The van der Waals surface area contributed by atoms with Crippen LogP contribution in [0.15, 0.2) is 22.7 Å². The van der Waals surface area contributed by atoms with Gasteiger partial charge in [0.1, 0.15) is 0 Å². The van der Waals surface area contributed by atoms with Gasteiger partial charge < -0.3 is 4.90 Å². The lowest BCUT2D eigenvalue weighted by Crippen LogP contribution is -2.40. The first-order valence-corrected chi connectivity index (χ1v) is 7.17. The Kier molecular flexibility index (Phi) is 1.92. The van der Waals surface area contributed by atoms with Gasteiger partial charge in [0.15, 0.2) is 5.13 Å². The van der Waals surface area contributed by atoms with Gasteiger partial charge in [0.05, 0.1) is 0 Å². The summed E-state index contributed by atoms with van der Waals surface area (Å²) in [6.07, 6.45) is 10.1. The number of hydrogen-bond acceptors (Lipinski definition) is 3. The number of piperidine rings is 1. The molecule has 1 aromatic rings. The van der Waals surface area contributed by atoms with E-state index in [1.807, 2.05) is 6.20 Å². The van der Waals surface area contributed by atoms with Gasteiger partial charge in [0.2, 0.25) is 0 Å². The van der Waals surface area contributed by atoms with Gasteiger partial charge in [0, 0.05) is 23.7 Å². The van der Waals surface area contributed by atoms with Crippen LogP contribution in [0.2, 0.25) is 0 Å². The summed E-state index contributed by atoms with van der Waals surface area (Å²) in [4.78, 5) is 7.10. The average molecular weight is 232 g/mol. The van der Waals surface area contributed by atoms with E-state index in [0.29, 0.717) is 0 Å². The Bertz CT molecular complexity index is 413. The van der Waals surface area contributed by atoms with Crippen molar-refractivity contribution in [3.63, 3.8) is 0 Å². The van der Waals surface area contributed by atoms with Crippen molar-refractivity contribution in [2.45, 2.75) is 50.6 Å². The normalized spacial score (nSPS) is 32.4. The minimum atomic E-state index is 0.757. The molecule has 2 unspecified atom stereocenters. The van der Waals surface area contributed by atoms with Crippen LogP contribution in [-0.2, 0) is 0 Å². The molecule has 0 aromatic carbocycles. The number of fused-ring (bicyclic) bond motifs is 2. The van der Waals surface area contributed by atoms with Crippen LogP contribution in [0.1, 0.15) is 38.5 Å². The van der Waals surface area contributed by atoms with Crippen LogP contribution in [0.5, 0.6) is 0 Å². The maximum atomic E-state index is 4.49. The van der Waals surface area contributed by atoms with Gasteiger partial charge in [-0.15, -0.1) is 11.3 Å². The van der Waals surface area contributed by atoms with Crippen molar-refractivity contribution in [2.24, 2.45) is 0 Å². The number of nitrogens with zero attached hydrogens (tertiary/aromatic N) is 2. The summed E-state index contributed by atoms with van der Waals surface area (Å²) in [5, 5.41) is 3.36. The highest BCUT2D eigenvalue weighted by Crippen LogP contribution is 2.46. The summed E-state index contributed by atoms with van der Waals surface area (Å²) in [5.41, 5.74) is 3.59. The zero-order chi connectivity index (χ0) is 10.5. The lowest BCUT2D eigenvalue weighted by Gasteiger charge is -2.36. The van der Waals surface area contributed by atoms with Gasteiger partial charge in [-0.3, -0.25) is 0 Å². The Balaban J connectivity index is 1.66. The molecule has 0 N–H and O–H groups in total. The zero-order valence-corrected chi connectivity index (χ0v) is 10.2. The number of aromatic nitrogens is 1. The molecule has 2 saturated heterocycles. The summed E-state index contributed by atoms with van der Waals surface area (Å²) in [7, 11) is 0. The topological polar surface area (TPSA) is 16.1 Å². The number of hydrogen-bond donors (Lipinski definition) is 0. The summed E-state index contributed by atoms with van der Waals surface area (Å²) in [6.45, 7) is 0. The molecule has 2 atom stereocenters. The molecule has 2 aliphatic heterocycles. The lowest BCUT2D eigenvalue weighted by molar-refractivity contribution is 0.547. The van der Waals surface area contributed by atoms with Crippen LogP contribution in [0.3, 0.4) is 0 Å². The predicted octanol–water partition coefficient (Wildman–Crippen LogP) is 3.36. The van der Waals surface area contributed by atoms with Crippen molar-refractivity contribution >= 4 is 16.5 Å². The summed E-state index contributed by atoms with van der Waals surface area (Å²) in [6, 6.07) is 1.51. The van der Waals surface area contributed by atoms with E-state index >= 15 is 0 Å². The van der Waals surface area contributed by atoms with Crippen molar-refractivity contribution in [3.8, 4) is 0 Å². The second-order valence-corrected chi connectivity index (χ2v) is 6.10. The highest BCUT2D eigenvalue weighted by atomic mass is 32.1. The first-order chi connectivity index (χ1) is 7.92. The van der Waals surface area contributed by atoms with E-state index < -0.39 is 0 Å².